The third-order valence-electron chi connectivity index (χ3n) is 3.91. The van der Waals surface area contributed by atoms with Gasteiger partial charge >= 0.3 is 0 Å². The second-order valence-electron chi connectivity index (χ2n) is 5.24. The Kier molecular flexibility index (Phi) is 4.30. The van der Waals surface area contributed by atoms with Crippen LogP contribution in [0.1, 0.15) is 35.4 Å². The van der Waals surface area contributed by atoms with Gasteiger partial charge in [0.1, 0.15) is 15.2 Å². The van der Waals surface area contributed by atoms with Gasteiger partial charge in [0.2, 0.25) is 0 Å². The molecule has 1 amide bonds. The zero-order chi connectivity index (χ0) is 14.8. The van der Waals surface area contributed by atoms with Crippen molar-refractivity contribution in [1.29, 1.82) is 0 Å². The number of thiophene rings is 1. The second-order valence-corrected chi connectivity index (χ2v) is 7.37. The van der Waals surface area contributed by atoms with Crippen molar-refractivity contribution >= 4 is 45.0 Å². The molecule has 1 aliphatic rings. The number of nitrogens with zero attached hydrogens (tertiary/aromatic N) is 2. The van der Waals surface area contributed by atoms with Crippen LogP contribution in [0.2, 0.25) is 0 Å². The lowest BCUT2D eigenvalue weighted by atomic mass is 9.95. The number of carbonyl (C=O) groups excluding carboxylic acids is 1. The number of anilines is 1. The van der Waals surface area contributed by atoms with Crippen molar-refractivity contribution in [3.8, 4) is 0 Å². The van der Waals surface area contributed by atoms with Crippen LogP contribution in [0, 0.1) is 0 Å². The number of hydrogen-bond acceptors (Lipinski definition) is 6. The van der Waals surface area contributed by atoms with E-state index in [4.69, 9.17) is 5.73 Å². The molecule has 2 aromatic rings. The first-order valence-corrected chi connectivity index (χ1v) is 9.12. The Balaban J connectivity index is 1.71. The molecular weight excluding hydrogens is 304 g/mol. The fourth-order valence-electron chi connectivity index (χ4n) is 2.71. The highest BCUT2D eigenvalue weighted by Gasteiger charge is 2.24. The predicted octanol–water partition coefficient (Wildman–Crippen LogP) is 2.68. The van der Waals surface area contributed by atoms with Gasteiger partial charge in [-0.25, -0.2) is 9.97 Å². The summed E-state index contributed by atoms with van der Waals surface area (Å²) in [6.45, 7) is 0. The van der Waals surface area contributed by atoms with Gasteiger partial charge in [-0.3, -0.25) is 4.79 Å². The number of nitrogens with two attached hydrogens (primary N) is 1. The minimum atomic E-state index is -0.0927. The molecule has 1 fully saturated rings. The van der Waals surface area contributed by atoms with Crippen LogP contribution >= 0.6 is 23.1 Å². The summed E-state index contributed by atoms with van der Waals surface area (Å²) >= 11 is 3.23. The number of amides is 1. The van der Waals surface area contributed by atoms with Crippen molar-refractivity contribution in [2.45, 2.75) is 37.0 Å². The Hall–Kier alpha value is -1.34. The summed E-state index contributed by atoms with van der Waals surface area (Å²) in [6.07, 6.45) is 9.77. The minimum absolute atomic E-state index is 0.0927. The molecule has 0 radical (unpaired) electrons. The lowest BCUT2D eigenvalue weighted by molar-refractivity contribution is 0.0933. The maximum atomic E-state index is 12.4. The van der Waals surface area contributed by atoms with Crippen molar-refractivity contribution in [2.75, 3.05) is 12.0 Å². The van der Waals surface area contributed by atoms with E-state index in [1.165, 1.54) is 11.3 Å². The highest BCUT2D eigenvalue weighted by molar-refractivity contribution is 7.99. The van der Waals surface area contributed by atoms with Gasteiger partial charge < -0.3 is 11.1 Å². The molecule has 1 aliphatic carbocycles. The quantitative estimate of drug-likeness (QED) is 0.908. The second kappa shape index (κ2) is 6.19. The summed E-state index contributed by atoms with van der Waals surface area (Å²) in [5.74, 6) is -0.0927. The predicted molar refractivity (Wildman–Crippen MR) is 88.9 cm³/mol. The zero-order valence-corrected chi connectivity index (χ0v) is 13.5. The van der Waals surface area contributed by atoms with Crippen molar-refractivity contribution in [3.05, 3.63) is 17.3 Å². The van der Waals surface area contributed by atoms with Crippen LogP contribution in [0.25, 0.3) is 10.3 Å². The van der Waals surface area contributed by atoms with Gasteiger partial charge in [0.25, 0.3) is 5.91 Å². The van der Waals surface area contributed by atoms with Gasteiger partial charge in [0.15, 0.2) is 0 Å². The number of nitrogen functional groups attached to an aromatic ring is 1. The normalized spacial score (nSPS) is 22.3. The molecule has 0 atom stereocenters. The zero-order valence-electron chi connectivity index (χ0n) is 11.8. The molecule has 3 N–H and O–H groups in total. The lowest BCUT2D eigenvalue weighted by Crippen LogP contribution is -2.38. The third kappa shape index (κ3) is 2.98. The molecule has 1 saturated carbocycles. The van der Waals surface area contributed by atoms with Crippen LogP contribution in [-0.2, 0) is 0 Å². The SMILES string of the molecule is CSC1CCC(NC(=O)c2sc3nccnc3c2N)CC1. The average Bonchev–Trinajstić information content (AvgIpc) is 2.86. The number of aromatic nitrogens is 2. The van der Waals surface area contributed by atoms with Crippen LogP contribution in [0.4, 0.5) is 5.69 Å². The molecular formula is C14H18N4OS2. The first kappa shape index (κ1) is 14.6. The Morgan fingerprint density at radius 1 is 1.33 bits per heavy atom. The molecule has 2 heterocycles. The molecule has 0 aromatic carbocycles. The molecule has 2 aromatic heterocycles. The van der Waals surface area contributed by atoms with Gasteiger partial charge in [-0.15, -0.1) is 11.3 Å². The summed E-state index contributed by atoms with van der Waals surface area (Å²) in [4.78, 5) is 22.1. The van der Waals surface area contributed by atoms with Gasteiger partial charge in [-0.1, -0.05) is 0 Å². The lowest BCUT2D eigenvalue weighted by Gasteiger charge is -2.27. The van der Waals surface area contributed by atoms with Crippen LogP contribution in [0.3, 0.4) is 0 Å². The molecule has 21 heavy (non-hydrogen) atoms. The fourth-order valence-corrected chi connectivity index (χ4v) is 4.37. The van der Waals surface area contributed by atoms with E-state index in [-0.39, 0.29) is 11.9 Å². The number of hydrogen-bond donors (Lipinski definition) is 2. The molecule has 0 aliphatic heterocycles. The monoisotopic (exact) mass is 322 g/mol. The van der Waals surface area contributed by atoms with Gasteiger partial charge in [-0.05, 0) is 31.9 Å². The molecule has 0 bridgehead atoms. The molecule has 112 valence electrons. The third-order valence-corrected chi connectivity index (χ3v) is 6.15. The van der Waals surface area contributed by atoms with E-state index in [0.717, 1.165) is 30.9 Å². The summed E-state index contributed by atoms with van der Waals surface area (Å²) < 4.78 is 0. The summed E-state index contributed by atoms with van der Waals surface area (Å²) in [5, 5.41) is 3.85. The number of carbonyl (C=O) groups is 1. The van der Waals surface area contributed by atoms with Crippen LogP contribution in [-0.4, -0.2) is 33.4 Å². The van der Waals surface area contributed by atoms with Crippen LogP contribution < -0.4 is 11.1 Å². The highest BCUT2D eigenvalue weighted by Crippen LogP contribution is 2.31. The largest absolute Gasteiger partial charge is 0.396 e. The number of nitrogens with one attached hydrogen (secondary N) is 1. The van der Waals surface area contributed by atoms with Crippen molar-refractivity contribution < 1.29 is 4.79 Å². The van der Waals surface area contributed by atoms with E-state index in [0.29, 0.717) is 20.9 Å². The van der Waals surface area contributed by atoms with Gasteiger partial charge in [-0.2, -0.15) is 11.8 Å². The van der Waals surface area contributed by atoms with Crippen molar-refractivity contribution in [1.82, 2.24) is 15.3 Å². The molecule has 0 spiro atoms. The molecule has 5 nitrogen and oxygen atoms in total. The summed E-state index contributed by atoms with van der Waals surface area (Å²) in [7, 11) is 0. The maximum absolute atomic E-state index is 12.4. The van der Waals surface area contributed by atoms with E-state index in [1.807, 2.05) is 11.8 Å². The standard InChI is InChI=1S/C14H18N4OS2/c1-20-9-4-2-8(3-5-9)18-13(19)12-10(15)11-14(21-12)17-7-6-16-11/h6-9H,2-5,15H2,1H3,(H,18,19). The van der Waals surface area contributed by atoms with Crippen molar-refractivity contribution in [3.63, 3.8) is 0 Å². The number of rotatable bonds is 3. The van der Waals surface area contributed by atoms with Crippen molar-refractivity contribution in [2.24, 2.45) is 0 Å². The first-order valence-electron chi connectivity index (χ1n) is 7.01. The van der Waals surface area contributed by atoms with E-state index in [9.17, 15) is 4.79 Å². The highest BCUT2D eigenvalue weighted by atomic mass is 32.2. The molecule has 3 rings (SSSR count). The summed E-state index contributed by atoms with van der Waals surface area (Å²) in [6, 6.07) is 0.256. The van der Waals surface area contributed by atoms with E-state index in [1.54, 1.807) is 12.4 Å². The first-order chi connectivity index (χ1) is 10.2. The van der Waals surface area contributed by atoms with Gasteiger partial charge in [0.05, 0.1) is 5.69 Å². The minimum Gasteiger partial charge on any atom is -0.396 e. The molecule has 0 unspecified atom stereocenters. The topological polar surface area (TPSA) is 80.9 Å². The van der Waals surface area contributed by atoms with Crippen LogP contribution in [0.5, 0.6) is 0 Å². The molecule has 7 heteroatoms. The van der Waals surface area contributed by atoms with E-state index < -0.39 is 0 Å². The Morgan fingerprint density at radius 3 is 2.71 bits per heavy atom. The Labute approximate surface area is 131 Å². The fraction of sp³-hybridized carbons (Fsp3) is 0.500. The smallest absolute Gasteiger partial charge is 0.263 e. The van der Waals surface area contributed by atoms with E-state index >= 15 is 0 Å². The Bertz CT molecular complexity index is 649. The summed E-state index contributed by atoms with van der Waals surface area (Å²) in [5.41, 5.74) is 7.10. The van der Waals surface area contributed by atoms with Crippen LogP contribution in [0.15, 0.2) is 12.4 Å². The average molecular weight is 322 g/mol. The van der Waals surface area contributed by atoms with E-state index in [2.05, 4.69) is 21.5 Å². The molecule has 0 saturated heterocycles. The van der Waals surface area contributed by atoms with Gasteiger partial charge in [0, 0.05) is 23.7 Å². The number of fused-ring (bicyclic) bond motifs is 1. The Morgan fingerprint density at radius 2 is 2.05 bits per heavy atom. The maximum Gasteiger partial charge on any atom is 0.263 e. The number of thioether (sulfide) groups is 1.